The van der Waals surface area contributed by atoms with Crippen molar-refractivity contribution in [3.63, 3.8) is 0 Å². The fraction of sp³-hybridized carbons (Fsp3) is 0.304. The van der Waals surface area contributed by atoms with Gasteiger partial charge in [-0.3, -0.25) is 9.59 Å². The van der Waals surface area contributed by atoms with Crippen molar-refractivity contribution in [3.8, 4) is 5.75 Å². The topological polar surface area (TPSA) is 84.7 Å². The van der Waals surface area contributed by atoms with E-state index >= 15 is 0 Å². The minimum absolute atomic E-state index is 0.0984. The van der Waals surface area contributed by atoms with Crippen molar-refractivity contribution in [2.24, 2.45) is 5.73 Å². The zero-order chi connectivity index (χ0) is 21.0. The molecule has 2 aromatic carbocycles. The predicted molar refractivity (Wildman–Crippen MR) is 116 cm³/mol. The number of primary amides is 1. The molecule has 0 fully saturated rings. The van der Waals surface area contributed by atoms with Gasteiger partial charge in [-0.05, 0) is 34.8 Å². The number of nitrogens with two attached hydrogens (primary N) is 1. The number of nitrogens with zero attached hydrogens (tertiary/aromatic N) is 1. The van der Waals surface area contributed by atoms with Gasteiger partial charge in [-0.25, -0.2) is 0 Å². The van der Waals surface area contributed by atoms with Crippen molar-refractivity contribution in [2.75, 3.05) is 29.9 Å². The van der Waals surface area contributed by atoms with E-state index in [1.54, 1.807) is 18.2 Å². The van der Waals surface area contributed by atoms with Crippen LogP contribution in [0.15, 0.2) is 48.5 Å². The molecule has 0 radical (unpaired) electrons. The van der Waals surface area contributed by atoms with Crippen molar-refractivity contribution in [3.05, 3.63) is 59.7 Å². The Morgan fingerprint density at radius 1 is 1.17 bits per heavy atom. The van der Waals surface area contributed by atoms with E-state index in [1.807, 2.05) is 23.1 Å². The third kappa shape index (κ3) is 5.38. The molecule has 1 heterocycles. The largest absolute Gasteiger partial charge is 0.489 e. The van der Waals surface area contributed by atoms with E-state index in [1.165, 1.54) is 11.6 Å². The number of anilines is 2. The van der Waals surface area contributed by atoms with Crippen LogP contribution in [0, 0.1) is 0 Å². The van der Waals surface area contributed by atoms with Gasteiger partial charge in [0.25, 0.3) is 0 Å². The highest BCUT2D eigenvalue weighted by Gasteiger charge is 2.20. The molecule has 0 atom stereocenters. The van der Waals surface area contributed by atoms with Gasteiger partial charge in [0.2, 0.25) is 11.8 Å². The second-order valence-electron chi connectivity index (χ2n) is 8.11. The Morgan fingerprint density at radius 2 is 1.90 bits per heavy atom. The van der Waals surface area contributed by atoms with E-state index in [0.29, 0.717) is 24.6 Å². The lowest BCUT2D eigenvalue weighted by Crippen LogP contribution is -2.39. The van der Waals surface area contributed by atoms with Crippen LogP contribution in [0.1, 0.15) is 31.9 Å². The summed E-state index contributed by atoms with van der Waals surface area (Å²) in [6, 6.07) is 13.5. The maximum atomic E-state index is 12.3. The van der Waals surface area contributed by atoms with Crippen LogP contribution in [0.25, 0.3) is 6.08 Å². The fourth-order valence-electron chi connectivity index (χ4n) is 3.16. The van der Waals surface area contributed by atoms with Crippen LogP contribution in [-0.2, 0) is 15.0 Å². The van der Waals surface area contributed by atoms with Crippen molar-refractivity contribution < 1.29 is 14.3 Å². The number of rotatable bonds is 5. The van der Waals surface area contributed by atoms with E-state index in [9.17, 15) is 9.59 Å². The molecule has 0 unspecified atom stereocenters. The smallest absolute Gasteiger partial charge is 0.248 e. The number of benzene rings is 2. The molecule has 0 saturated heterocycles. The zero-order valence-corrected chi connectivity index (χ0v) is 17.1. The summed E-state index contributed by atoms with van der Waals surface area (Å²) in [7, 11) is 0. The van der Waals surface area contributed by atoms with Gasteiger partial charge < -0.3 is 20.7 Å². The Bertz CT molecular complexity index is 927. The van der Waals surface area contributed by atoms with Crippen LogP contribution >= 0.6 is 0 Å². The van der Waals surface area contributed by atoms with Gasteiger partial charge in [0, 0.05) is 17.8 Å². The van der Waals surface area contributed by atoms with Gasteiger partial charge in [-0.2, -0.15) is 0 Å². The van der Waals surface area contributed by atoms with E-state index in [0.717, 1.165) is 11.3 Å². The van der Waals surface area contributed by atoms with Crippen LogP contribution in [0.3, 0.4) is 0 Å². The molecule has 2 aromatic rings. The molecule has 6 nitrogen and oxygen atoms in total. The molecule has 0 bridgehead atoms. The summed E-state index contributed by atoms with van der Waals surface area (Å²) in [4.78, 5) is 25.4. The molecule has 0 aliphatic carbocycles. The summed E-state index contributed by atoms with van der Waals surface area (Å²) in [5, 5.41) is 2.84. The summed E-state index contributed by atoms with van der Waals surface area (Å²) in [5.74, 6) is 0.00240. The summed E-state index contributed by atoms with van der Waals surface area (Å²) in [6.07, 6.45) is 3.29. The lowest BCUT2D eigenvalue weighted by molar-refractivity contribution is -0.116. The van der Waals surface area contributed by atoms with Crippen LogP contribution in [0.2, 0.25) is 0 Å². The molecule has 3 rings (SSSR count). The van der Waals surface area contributed by atoms with Crippen LogP contribution in [0.4, 0.5) is 11.4 Å². The molecule has 6 heteroatoms. The van der Waals surface area contributed by atoms with Crippen molar-refractivity contribution in [1.29, 1.82) is 0 Å². The van der Waals surface area contributed by atoms with Gasteiger partial charge in [-0.1, -0.05) is 45.0 Å². The van der Waals surface area contributed by atoms with Gasteiger partial charge in [0.05, 0.1) is 18.8 Å². The molecule has 152 valence electrons. The van der Waals surface area contributed by atoms with E-state index in [2.05, 4.69) is 38.2 Å². The number of carbonyl (C=O) groups excluding carboxylic acids is 2. The van der Waals surface area contributed by atoms with E-state index in [4.69, 9.17) is 10.5 Å². The Hall–Kier alpha value is -3.28. The monoisotopic (exact) mass is 393 g/mol. The summed E-state index contributed by atoms with van der Waals surface area (Å²) in [5.41, 5.74) is 9.03. The lowest BCUT2D eigenvalue weighted by atomic mass is 9.87. The lowest BCUT2D eigenvalue weighted by Gasteiger charge is -2.30. The zero-order valence-electron chi connectivity index (χ0n) is 17.1. The maximum absolute atomic E-state index is 12.3. The molecule has 1 aliphatic heterocycles. The Morgan fingerprint density at radius 3 is 2.55 bits per heavy atom. The van der Waals surface area contributed by atoms with E-state index < -0.39 is 5.91 Å². The van der Waals surface area contributed by atoms with Gasteiger partial charge in [-0.15, -0.1) is 0 Å². The average Bonchev–Trinajstić information content (AvgIpc) is 2.65. The summed E-state index contributed by atoms with van der Waals surface area (Å²) >= 11 is 0. The van der Waals surface area contributed by atoms with Gasteiger partial charge in [0.15, 0.2) is 0 Å². The van der Waals surface area contributed by atoms with Gasteiger partial charge >= 0.3 is 0 Å². The number of hydrogen-bond donors (Lipinski definition) is 2. The van der Waals surface area contributed by atoms with Crippen LogP contribution in [-0.4, -0.2) is 31.5 Å². The maximum Gasteiger partial charge on any atom is 0.248 e. The predicted octanol–water partition coefficient (Wildman–Crippen LogP) is 3.32. The summed E-state index contributed by atoms with van der Waals surface area (Å²) in [6.45, 7) is 7.70. The van der Waals surface area contributed by atoms with Crippen molar-refractivity contribution in [1.82, 2.24) is 0 Å². The number of amides is 2. The number of nitrogens with one attached hydrogen (secondary N) is 1. The molecule has 2 amide bonds. The number of fused-ring (bicyclic) bond motifs is 1. The molecule has 1 aliphatic rings. The first-order valence-electron chi connectivity index (χ1n) is 9.62. The highest BCUT2D eigenvalue weighted by atomic mass is 16.5. The third-order valence-electron chi connectivity index (χ3n) is 4.74. The normalized spacial score (nSPS) is 13.7. The van der Waals surface area contributed by atoms with Crippen molar-refractivity contribution in [2.45, 2.75) is 26.2 Å². The molecular formula is C23H27N3O3. The van der Waals surface area contributed by atoms with Gasteiger partial charge in [0.1, 0.15) is 12.4 Å². The average molecular weight is 393 g/mol. The standard InChI is InChI=1S/C23H27N3O3/c1-23(2,3)17-7-4-16(5-8-17)6-11-22(28)25-18-9-10-19-20(14-18)29-13-12-26(19)15-21(24)27/h4-11,14H,12-13,15H2,1-3H3,(H2,24,27)(H,25,28). The molecule has 3 N–H and O–H groups in total. The third-order valence-corrected chi connectivity index (χ3v) is 4.74. The Kier molecular flexibility index (Phi) is 5.92. The fourth-order valence-corrected chi connectivity index (χ4v) is 3.16. The first kappa shape index (κ1) is 20.5. The molecule has 29 heavy (non-hydrogen) atoms. The Labute approximate surface area is 171 Å². The quantitative estimate of drug-likeness (QED) is 0.763. The molecule has 0 aromatic heterocycles. The molecule has 0 saturated carbocycles. The minimum Gasteiger partial charge on any atom is -0.489 e. The minimum atomic E-state index is -0.393. The number of hydrogen-bond acceptors (Lipinski definition) is 4. The first-order valence-corrected chi connectivity index (χ1v) is 9.62. The van der Waals surface area contributed by atoms with Crippen LogP contribution < -0.4 is 20.7 Å². The molecule has 0 spiro atoms. The second-order valence-corrected chi connectivity index (χ2v) is 8.11. The SMILES string of the molecule is CC(C)(C)c1ccc(C=CC(=O)Nc2ccc3c(c2)OCCN3CC(N)=O)cc1. The molecular weight excluding hydrogens is 366 g/mol. The van der Waals surface area contributed by atoms with Crippen molar-refractivity contribution >= 4 is 29.3 Å². The van der Waals surface area contributed by atoms with Crippen LogP contribution in [0.5, 0.6) is 5.75 Å². The highest BCUT2D eigenvalue weighted by molar-refractivity contribution is 6.02. The second kappa shape index (κ2) is 8.39. The summed E-state index contributed by atoms with van der Waals surface area (Å²) < 4.78 is 5.66. The first-order chi connectivity index (χ1) is 13.7. The number of ether oxygens (including phenoxy) is 1. The number of carbonyl (C=O) groups is 2. The highest BCUT2D eigenvalue weighted by Crippen LogP contribution is 2.34. The Balaban J connectivity index is 1.65. The van der Waals surface area contributed by atoms with E-state index in [-0.39, 0.29) is 17.9 Å².